The lowest BCUT2D eigenvalue weighted by molar-refractivity contribution is -0.143. The highest BCUT2D eigenvalue weighted by Gasteiger charge is 2.38. The Morgan fingerprint density at radius 3 is 1.69 bits per heavy atom. The first-order chi connectivity index (χ1) is 26.4. The van der Waals surface area contributed by atoms with Gasteiger partial charge >= 0.3 is 5.97 Å². The molecule has 55 heavy (non-hydrogen) atoms. The van der Waals surface area contributed by atoms with Crippen LogP contribution in [0.2, 0.25) is 0 Å². The minimum Gasteiger partial charge on any atom is -0.508 e. The number of hydrogen-bond acceptors (Lipinski definition) is 8. The molecule has 5 atom stereocenters. The van der Waals surface area contributed by atoms with Gasteiger partial charge in [0.25, 0.3) is 0 Å². The van der Waals surface area contributed by atoms with E-state index in [9.17, 15) is 39.0 Å². The first-order valence-corrected chi connectivity index (χ1v) is 17.8. The Bertz CT molecular complexity index is 1990. The second kappa shape index (κ2) is 18.5. The number of phenols is 1. The van der Waals surface area contributed by atoms with E-state index in [1.54, 1.807) is 72.8 Å². The van der Waals surface area contributed by atoms with Crippen LogP contribution in [0.3, 0.4) is 0 Å². The van der Waals surface area contributed by atoms with Crippen molar-refractivity contribution in [2.24, 2.45) is 11.5 Å². The van der Waals surface area contributed by atoms with Gasteiger partial charge in [0.2, 0.25) is 29.5 Å². The van der Waals surface area contributed by atoms with Crippen LogP contribution in [-0.4, -0.2) is 80.8 Å². The Morgan fingerprint density at radius 2 is 1.15 bits per heavy atom. The molecule has 9 N–H and O–H groups in total. The van der Waals surface area contributed by atoms with Crippen LogP contribution in [0, 0.1) is 0 Å². The second-order valence-electron chi connectivity index (χ2n) is 13.5. The summed E-state index contributed by atoms with van der Waals surface area (Å²) in [4.78, 5) is 80.9. The molecule has 0 aliphatic carbocycles. The smallest absolute Gasteiger partial charge is 0.305 e. The van der Waals surface area contributed by atoms with E-state index >= 15 is 0 Å². The number of rotatable bonds is 16. The standard InChI is InChI=1S/C41H44N6O8/c42-31(19-27-15-17-30(48)18-16-27)41(55)47-24-29-14-8-7-13-28(29)22-35(47)40(54)46-34(21-26-11-5-2-6-12-26)39(53)45-33(20-25-9-3-1-4-10-25)38(52)44-32(37(43)51)23-36(49)50/h1-18,31-35,48H,19-24,42H2,(H2,43,51)(H,44,52)(H,45,53)(H,46,54)(H,49,50)/t31-,32+,33-,34-,35-/m0/s1. The van der Waals surface area contributed by atoms with Crippen LogP contribution in [0.15, 0.2) is 109 Å². The van der Waals surface area contributed by atoms with Crippen molar-refractivity contribution in [1.82, 2.24) is 20.9 Å². The van der Waals surface area contributed by atoms with Gasteiger partial charge in [-0.25, -0.2) is 0 Å². The number of carbonyl (C=O) groups is 6. The Kier molecular flexibility index (Phi) is 13.3. The summed E-state index contributed by atoms with van der Waals surface area (Å²) >= 11 is 0. The van der Waals surface area contributed by atoms with E-state index in [-0.39, 0.29) is 38.0 Å². The number of benzene rings is 4. The molecule has 4 aromatic rings. The van der Waals surface area contributed by atoms with Gasteiger partial charge in [0.1, 0.15) is 29.9 Å². The van der Waals surface area contributed by atoms with Gasteiger partial charge in [-0.15, -0.1) is 0 Å². The number of carboxylic acids is 1. The van der Waals surface area contributed by atoms with E-state index in [4.69, 9.17) is 11.5 Å². The van der Waals surface area contributed by atoms with Crippen molar-refractivity contribution in [1.29, 1.82) is 0 Å². The van der Waals surface area contributed by atoms with E-state index in [1.807, 2.05) is 24.3 Å². The maximum Gasteiger partial charge on any atom is 0.305 e. The molecule has 5 rings (SSSR count). The third-order valence-corrected chi connectivity index (χ3v) is 9.41. The SMILES string of the molecule is NC(=O)[C@@H](CC(=O)O)NC(=O)[C@H](Cc1ccccc1)NC(=O)[C@H](Cc1ccccc1)NC(=O)[C@@H]1Cc2ccccc2CN1C(=O)[C@@H](N)Cc1ccc(O)cc1. The number of primary amides is 1. The van der Waals surface area contributed by atoms with Crippen molar-refractivity contribution in [3.05, 3.63) is 137 Å². The zero-order valence-electron chi connectivity index (χ0n) is 30.0. The molecule has 286 valence electrons. The number of nitrogens with one attached hydrogen (secondary N) is 3. The minimum atomic E-state index is -1.54. The molecular weight excluding hydrogens is 704 g/mol. The minimum absolute atomic E-state index is 0.0125. The van der Waals surface area contributed by atoms with Crippen LogP contribution < -0.4 is 27.4 Å². The number of amides is 5. The molecule has 1 heterocycles. The average Bonchev–Trinajstić information content (AvgIpc) is 3.17. The highest BCUT2D eigenvalue weighted by Crippen LogP contribution is 2.25. The molecule has 0 aromatic heterocycles. The lowest BCUT2D eigenvalue weighted by Crippen LogP contribution is -2.61. The number of carboxylic acid groups (broad SMARTS) is 1. The molecule has 0 saturated carbocycles. The quantitative estimate of drug-likeness (QED) is 0.0869. The third kappa shape index (κ3) is 11.0. The fraction of sp³-hybridized carbons (Fsp3) is 0.268. The topological polar surface area (TPSA) is 234 Å². The van der Waals surface area contributed by atoms with Gasteiger partial charge in [-0.05, 0) is 46.4 Å². The molecule has 0 saturated heterocycles. The summed E-state index contributed by atoms with van der Waals surface area (Å²) < 4.78 is 0. The van der Waals surface area contributed by atoms with Gasteiger partial charge in [0.05, 0.1) is 12.5 Å². The Morgan fingerprint density at radius 1 is 0.655 bits per heavy atom. The number of nitrogens with two attached hydrogens (primary N) is 2. The number of phenolic OH excluding ortho intramolecular Hbond substituents is 1. The summed E-state index contributed by atoms with van der Waals surface area (Å²) in [5.41, 5.74) is 15.6. The van der Waals surface area contributed by atoms with Crippen LogP contribution in [0.5, 0.6) is 5.75 Å². The molecule has 0 radical (unpaired) electrons. The number of hydrogen-bond donors (Lipinski definition) is 7. The van der Waals surface area contributed by atoms with E-state index < -0.39 is 72.1 Å². The number of aromatic hydroxyl groups is 1. The lowest BCUT2D eigenvalue weighted by atomic mass is 9.92. The Balaban J connectivity index is 1.41. The number of nitrogens with zero attached hydrogens (tertiary/aromatic N) is 1. The molecule has 1 aliphatic heterocycles. The highest BCUT2D eigenvalue weighted by atomic mass is 16.4. The first kappa shape index (κ1) is 39.7. The summed E-state index contributed by atoms with van der Waals surface area (Å²) in [6.07, 6.45) is -0.491. The lowest BCUT2D eigenvalue weighted by Gasteiger charge is -2.38. The number of carbonyl (C=O) groups excluding carboxylic acids is 5. The molecule has 0 bridgehead atoms. The first-order valence-electron chi connectivity index (χ1n) is 17.8. The molecule has 0 unspecified atom stereocenters. The number of fused-ring (bicyclic) bond motifs is 1. The summed E-state index contributed by atoms with van der Waals surface area (Å²) in [5, 5.41) is 26.9. The molecule has 14 nitrogen and oxygen atoms in total. The van der Waals surface area contributed by atoms with Gasteiger partial charge in [0, 0.05) is 25.8 Å². The zero-order valence-corrected chi connectivity index (χ0v) is 30.0. The summed E-state index contributed by atoms with van der Waals surface area (Å²) in [5.74, 6) is -5.03. The van der Waals surface area contributed by atoms with E-state index in [2.05, 4.69) is 16.0 Å². The normalized spacial score (nSPS) is 15.7. The van der Waals surface area contributed by atoms with Crippen LogP contribution in [0.1, 0.15) is 34.2 Å². The Hall–Kier alpha value is -6.54. The van der Waals surface area contributed by atoms with Crippen molar-refractivity contribution < 1.29 is 39.0 Å². The van der Waals surface area contributed by atoms with E-state index in [1.165, 1.54) is 17.0 Å². The van der Waals surface area contributed by atoms with Gasteiger partial charge in [-0.2, -0.15) is 0 Å². The molecule has 0 spiro atoms. The molecule has 5 amide bonds. The summed E-state index contributed by atoms with van der Waals surface area (Å²) in [6.45, 7) is 0.0998. The van der Waals surface area contributed by atoms with Crippen LogP contribution >= 0.6 is 0 Å². The van der Waals surface area contributed by atoms with Gasteiger partial charge in [-0.3, -0.25) is 28.8 Å². The third-order valence-electron chi connectivity index (χ3n) is 9.41. The van der Waals surface area contributed by atoms with Crippen LogP contribution in [0.25, 0.3) is 0 Å². The fourth-order valence-electron chi connectivity index (χ4n) is 6.50. The average molecular weight is 749 g/mol. The maximum atomic E-state index is 14.3. The predicted octanol–water partition coefficient (Wildman–Crippen LogP) is 1.12. The summed E-state index contributed by atoms with van der Waals surface area (Å²) in [7, 11) is 0. The molecule has 0 fully saturated rings. The van der Waals surface area contributed by atoms with Crippen LogP contribution in [-0.2, 0) is 61.0 Å². The van der Waals surface area contributed by atoms with Gasteiger partial charge < -0.3 is 42.5 Å². The summed E-state index contributed by atoms with van der Waals surface area (Å²) in [6, 6.07) is 25.2. The predicted molar refractivity (Wildman–Crippen MR) is 202 cm³/mol. The monoisotopic (exact) mass is 748 g/mol. The van der Waals surface area contributed by atoms with Crippen LogP contribution in [0.4, 0.5) is 0 Å². The molecular formula is C41H44N6O8. The highest BCUT2D eigenvalue weighted by molar-refractivity contribution is 5.97. The molecule has 14 heteroatoms. The van der Waals surface area contributed by atoms with Crippen molar-refractivity contribution in [2.75, 3.05) is 0 Å². The largest absolute Gasteiger partial charge is 0.508 e. The fourth-order valence-corrected chi connectivity index (χ4v) is 6.50. The van der Waals surface area contributed by atoms with Gasteiger partial charge in [-0.1, -0.05) is 97.1 Å². The second-order valence-corrected chi connectivity index (χ2v) is 13.5. The van der Waals surface area contributed by atoms with Crippen molar-refractivity contribution in [2.45, 2.75) is 68.9 Å². The van der Waals surface area contributed by atoms with Crippen molar-refractivity contribution in [3.63, 3.8) is 0 Å². The molecule has 4 aromatic carbocycles. The Labute approximate surface area is 317 Å². The molecule has 1 aliphatic rings. The van der Waals surface area contributed by atoms with Crippen molar-refractivity contribution >= 4 is 35.5 Å². The van der Waals surface area contributed by atoms with Gasteiger partial charge in [0.15, 0.2) is 0 Å². The maximum absolute atomic E-state index is 14.3. The van der Waals surface area contributed by atoms with E-state index in [0.717, 1.165) is 16.7 Å². The van der Waals surface area contributed by atoms with E-state index in [0.29, 0.717) is 11.1 Å². The number of aliphatic carboxylic acids is 1. The van der Waals surface area contributed by atoms with Crippen molar-refractivity contribution in [3.8, 4) is 5.75 Å². The zero-order chi connectivity index (χ0) is 39.5.